The third kappa shape index (κ3) is 5.14. The van der Waals surface area contributed by atoms with Gasteiger partial charge in [-0.3, -0.25) is 14.3 Å². The average molecular weight is 543 g/mol. The number of ether oxygens (including phenoxy) is 2. The number of benzene rings is 2. The van der Waals surface area contributed by atoms with Crippen LogP contribution in [0.3, 0.4) is 0 Å². The van der Waals surface area contributed by atoms with Crippen molar-refractivity contribution >= 4 is 39.1 Å². The molecule has 0 aliphatic carbocycles. The molecule has 2 aliphatic rings. The van der Waals surface area contributed by atoms with Crippen molar-refractivity contribution in [1.29, 1.82) is 0 Å². The van der Waals surface area contributed by atoms with Gasteiger partial charge in [0, 0.05) is 23.1 Å². The number of Topliss-reactive ketones (excluding diaryl/α,β-unsaturated/α-hetero) is 1. The van der Waals surface area contributed by atoms with Gasteiger partial charge in [-0.25, -0.2) is 13.2 Å². The lowest BCUT2D eigenvalue weighted by atomic mass is 9.69. The van der Waals surface area contributed by atoms with E-state index in [-0.39, 0.29) is 35.3 Å². The van der Waals surface area contributed by atoms with Crippen molar-refractivity contribution in [1.82, 2.24) is 0 Å². The van der Waals surface area contributed by atoms with Crippen LogP contribution in [0, 0.1) is 5.41 Å². The predicted molar refractivity (Wildman–Crippen MR) is 145 cm³/mol. The number of carbonyl (C=O) groups is 3. The van der Waals surface area contributed by atoms with E-state index in [9.17, 15) is 22.8 Å². The number of sulfonamides is 1. The van der Waals surface area contributed by atoms with Gasteiger partial charge in [0.15, 0.2) is 17.3 Å². The molecule has 2 aromatic rings. The van der Waals surface area contributed by atoms with Gasteiger partial charge in [0.2, 0.25) is 15.9 Å². The Morgan fingerprint density at radius 3 is 2.34 bits per heavy atom. The Labute approximate surface area is 223 Å². The lowest BCUT2D eigenvalue weighted by Gasteiger charge is -2.37. The molecule has 1 amide bonds. The van der Waals surface area contributed by atoms with E-state index in [0.29, 0.717) is 47.4 Å². The zero-order valence-electron chi connectivity index (χ0n) is 22.2. The van der Waals surface area contributed by atoms with E-state index < -0.39 is 21.4 Å². The molecule has 2 heterocycles. The molecule has 2 aliphatic heterocycles. The fourth-order valence-electron chi connectivity index (χ4n) is 5.18. The van der Waals surface area contributed by atoms with Crippen LogP contribution in [0.2, 0.25) is 0 Å². The third-order valence-corrected chi connectivity index (χ3v) is 7.65. The van der Waals surface area contributed by atoms with Crippen LogP contribution in [0.25, 0.3) is 0 Å². The normalized spacial score (nSPS) is 15.5. The topological polar surface area (TPSA) is 128 Å². The first-order valence-electron chi connectivity index (χ1n) is 13.1. The van der Waals surface area contributed by atoms with Gasteiger partial charge in [0.25, 0.3) is 0 Å². The van der Waals surface area contributed by atoms with Crippen LogP contribution < -0.4 is 14.8 Å². The number of esters is 1. The molecule has 0 radical (unpaired) electrons. The van der Waals surface area contributed by atoms with Gasteiger partial charge in [-0.05, 0) is 38.0 Å². The second-order valence-corrected chi connectivity index (χ2v) is 11.7. The Morgan fingerprint density at radius 1 is 1.05 bits per heavy atom. The summed E-state index contributed by atoms with van der Waals surface area (Å²) in [5.74, 6) is -0.609. The molecule has 2 aromatic carbocycles. The fraction of sp³-hybridized carbons (Fsp3) is 0.464. The minimum Gasteiger partial charge on any atom is -0.462 e. The summed E-state index contributed by atoms with van der Waals surface area (Å²) in [5, 5.41) is 2.97. The van der Waals surface area contributed by atoms with Crippen LogP contribution in [0.15, 0.2) is 24.3 Å². The molecule has 0 saturated heterocycles. The summed E-state index contributed by atoms with van der Waals surface area (Å²) < 4.78 is 38.0. The summed E-state index contributed by atoms with van der Waals surface area (Å²) in [5.41, 5.74) is 1.10. The number of rotatable bonds is 10. The van der Waals surface area contributed by atoms with Crippen molar-refractivity contribution in [2.75, 3.05) is 22.9 Å². The van der Waals surface area contributed by atoms with Crippen molar-refractivity contribution in [2.45, 2.75) is 65.7 Å². The fourth-order valence-corrected chi connectivity index (χ4v) is 5.73. The molecule has 0 saturated carbocycles. The molecule has 38 heavy (non-hydrogen) atoms. The Bertz CT molecular complexity index is 1390. The molecule has 4 rings (SSSR count). The summed E-state index contributed by atoms with van der Waals surface area (Å²) in [6.07, 6.45) is 5.52. The Balaban J connectivity index is 1.80. The highest BCUT2D eigenvalue weighted by atomic mass is 32.2. The first kappa shape index (κ1) is 27.6. The Hall–Kier alpha value is -3.40. The average Bonchev–Trinajstić information content (AvgIpc) is 2.86. The molecule has 0 unspecified atom stereocenters. The van der Waals surface area contributed by atoms with Crippen LogP contribution in [0.5, 0.6) is 11.5 Å². The molecular formula is C28H34N2O7S. The maximum Gasteiger partial charge on any atom is 0.338 e. The van der Waals surface area contributed by atoms with Crippen molar-refractivity contribution in [3.05, 3.63) is 46.5 Å². The van der Waals surface area contributed by atoms with Crippen LogP contribution in [-0.4, -0.2) is 38.9 Å². The van der Waals surface area contributed by atoms with E-state index in [1.807, 2.05) is 13.8 Å². The maximum absolute atomic E-state index is 13.9. The standard InChI is InChI=1S/C28H34N2O7S/c1-5-8-12-28(13-9-6-2)25(31)20-11-10-17-14-18-15-19(26(32)36-7-3)16-21(30-38(4,34)35)23(18)37-24(17)22(20)29-27(28)33/h10-11,15-16,30H,5-9,12-14H2,1-4H3,(H,29,33). The molecule has 0 atom stereocenters. The van der Waals surface area contributed by atoms with Gasteiger partial charge in [-0.1, -0.05) is 45.6 Å². The minimum absolute atomic E-state index is 0.0741. The summed E-state index contributed by atoms with van der Waals surface area (Å²) in [6, 6.07) is 6.48. The van der Waals surface area contributed by atoms with Gasteiger partial charge in [0.05, 0.1) is 29.8 Å². The molecule has 0 fully saturated rings. The van der Waals surface area contributed by atoms with Crippen LogP contribution in [-0.2, 0) is 26.0 Å². The zero-order valence-corrected chi connectivity index (χ0v) is 23.0. The molecule has 0 bridgehead atoms. The lowest BCUT2D eigenvalue weighted by Crippen LogP contribution is -2.47. The quantitative estimate of drug-likeness (QED) is 0.258. The molecule has 2 N–H and O–H groups in total. The highest BCUT2D eigenvalue weighted by Crippen LogP contribution is 2.50. The highest BCUT2D eigenvalue weighted by molar-refractivity contribution is 7.92. The minimum atomic E-state index is -3.72. The number of hydrogen-bond donors (Lipinski definition) is 2. The first-order valence-corrected chi connectivity index (χ1v) is 15.0. The molecule has 0 spiro atoms. The molecule has 10 heteroatoms. The van der Waals surface area contributed by atoms with Crippen LogP contribution in [0.4, 0.5) is 11.4 Å². The van der Waals surface area contributed by atoms with Gasteiger partial charge in [-0.15, -0.1) is 0 Å². The largest absolute Gasteiger partial charge is 0.462 e. The second-order valence-electron chi connectivity index (χ2n) is 9.93. The van der Waals surface area contributed by atoms with E-state index in [4.69, 9.17) is 9.47 Å². The molecule has 9 nitrogen and oxygen atoms in total. The number of amides is 1. The molecule has 0 aromatic heterocycles. The number of carbonyl (C=O) groups excluding carboxylic acids is 3. The number of ketones is 1. The van der Waals surface area contributed by atoms with Gasteiger partial charge >= 0.3 is 5.97 Å². The summed E-state index contributed by atoms with van der Waals surface area (Å²) >= 11 is 0. The van der Waals surface area contributed by atoms with Crippen molar-refractivity contribution in [2.24, 2.45) is 5.41 Å². The lowest BCUT2D eigenvalue weighted by molar-refractivity contribution is -0.124. The van der Waals surface area contributed by atoms with Crippen molar-refractivity contribution in [3.8, 4) is 11.5 Å². The SMILES string of the molecule is CCCCC1(CCCC)C(=O)Nc2c(ccc3c2Oc2c(cc(C(=O)OCC)cc2NS(C)(=O)=O)C3)C1=O. The summed E-state index contributed by atoms with van der Waals surface area (Å²) in [4.78, 5) is 39.8. The van der Waals surface area contributed by atoms with Gasteiger partial charge in [0.1, 0.15) is 5.41 Å². The van der Waals surface area contributed by atoms with Gasteiger partial charge in [-0.2, -0.15) is 0 Å². The van der Waals surface area contributed by atoms with E-state index in [1.54, 1.807) is 25.1 Å². The maximum atomic E-state index is 13.9. The smallest absolute Gasteiger partial charge is 0.338 e. The Kier molecular flexibility index (Phi) is 7.83. The number of unbranched alkanes of at least 4 members (excludes halogenated alkanes) is 2. The van der Waals surface area contributed by atoms with Gasteiger partial charge < -0.3 is 14.8 Å². The number of nitrogens with one attached hydrogen (secondary N) is 2. The second kappa shape index (κ2) is 10.8. The van der Waals surface area contributed by atoms with Crippen molar-refractivity contribution in [3.63, 3.8) is 0 Å². The highest BCUT2D eigenvalue weighted by Gasteiger charge is 2.49. The number of fused-ring (bicyclic) bond motifs is 4. The Morgan fingerprint density at radius 2 is 1.74 bits per heavy atom. The summed E-state index contributed by atoms with van der Waals surface area (Å²) in [7, 11) is -3.72. The summed E-state index contributed by atoms with van der Waals surface area (Å²) in [6.45, 7) is 5.92. The number of anilines is 2. The van der Waals surface area contributed by atoms with Crippen LogP contribution >= 0.6 is 0 Å². The van der Waals surface area contributed by atoms with E-state index in [2.05, 4.69) is 10.0 Å². The monoisotopic (exact) mass is 542 g/mol. The number of hydrogen-bond acceptors (Lipinski definition) is 7. The molecular weight excluding hydrogens is 508 g/mol. The zero-order chi connectivity index (χ0) is 27.7. The van der Waals surface area contributed by atoms with E-state index in [1.165, 1.54) is 6.07 Å². The molecule has 204 valence electrons. The predicted octanol–water partition coefficient (Wildman–Crippen LogP) is 5.43. The van der Waals surface area contributed by atoms with Crippen molar-refractivity contribution < 1.29 is 32.3 Å². The first-order chi connectivity index (χ1) is 18.0. The van der Waals surface area contributed by atoms with Crippen LogP contribution in [0.1, 0.15) is 91.1 Å². The third-order valence-electron chi connectivity index (χ3n) is 7.06. The van der Waals surface area contributed by atoms with E-state index >= 15 is 0 Å². The van der Waals surface area contributed by atoms with E-state index in [0.717, 1.165) is 31.9 Å².